The molecule has 0 radical (unpaired) electrons. The highest BCUT2D eigenvalue weighted by Crippen LogP contribution is 2.60. The van der Waals surface area contributed by atoms with Gasteiger partial charge in [0, 0.05) is 5.50 Å². The monoisotopic (exact) mass is 452 g/mol. The van der Waals surface area contributed by atoms with Gasteiger partial charge in [-0.1, -0.05) is 49.3 Å². The minimum absolute atomic E-state index is 0.300. The summed E-state index contributed by atoms with van der Waals surface area (Å²) in [6, 6.07) is 0. The zero-order chi connectivity index (χ0) is 24.8. The summed E-state index contributed by atoms with van der Waals surface area (Å²) in [7, 11) is 6.28. The van der Waals surface area contributed by atoms with E-state index in [2.05, 4.69) is 48.3 Å². The third-order valence-corrected chi connectivity index (χ3v) is 10.2. The van der Waals surface area contributed by atoms with Crippen LogP contribution in [0.2, 0.25) is 5.21 Å². The van der Waals surface area contributed by atoms with Gasteiger partial charge in [0.15, 0.2) is 0 Å². The largest absolute Gasteiger partial charge is 0.400 e. The predicted molar refractivity (Wildman–Crippen MR) is 147 cm³/mol. The molecule has 6 heteroatoms. The van der Waals surface area contributed by atoms with Crippen molar-refractivity contribution < 1.29 is 15.3 Å². The molecule has 3 aliphatic rings. The summed E-state index contributed by atoms with van der Waals surface area (Å²) in [5.41, 5.74) is 2.54. The quantitative estimate of drug-likeness (QED) is 0.544. The molecule has 3 aliphatic carbocycles. The molecule has 3 fully saturated rings. The number of hydrogen-bond donors (Lipinski definition) is 3. The molecule has 0 aliphatic heterocycles. The Morgan fingerprint density at radius 3 is 2.42 bits per heavy atom. The van der Waals surface area contributed by atoms with E-state index in [0.717, 1.165) is 19.3 Å². The number of fused-ring (bicyclic) bond motifs is 1. The lowest BCUT2D eigenvalue weighted by Crippen LogP contribution is -2.48. The molecule has 3 N–H and O–H groups in total. The molecule has 0 saturated heterocycles. The number of hydrogen-bond acceptors (Lipinski definition) is 3. The van der Waals surface area contributed by atoms with Crippen molar-refractivity contribution in [3.05, 3.63) is 35.5 Å². The van der Waals surface area contributed by atoms with E-state index in [0.29, 0.717) is 29.6 Å². The van der Waals surface area contributed by atoms with Crippen LogP contribution in [0, 0.1) is 23.2 Å². The highest BCUT2D eigenvalue weighted by molar-refractivity contribution is 6.47. The van der Waals surface area contributed by atoms with Gasteiger partial charge in [0.25, 0.3) is 0 Å². The van der Waals surface area contributed by atoms with Crippen molar-refractivity contribution in [3.63, 3.8) is 0 Å². The average molecular weight is 452 g/mol. The first-order valence-electron chi connectivity index (χ1n) is 13.3. The highest BCUT2D eigenvalue weighted by atomic mass is 16.3. The van der Waals surface area contributed by atoms with Gasteiger partial charge >= 0.3 is 0 Å². The molecule has 3 rings (SSSR count). The topological polar surface area (TPSA) is 60.7 Å². The molecule has 0 heterocycles. The van der Waals surface area contributed by atoms with Crippen LogP contribution in [0.4, 0.5) is 0 Å². The van der Waals surface area contributed by atoms with Crippen molar-refractivity contribution in [1.82, 2.24) is 0 Å². The Morgan fingerprint density at radius 2 is 1.79 bits per heavy atom. The molecular formula is C27H47B3O3. The van der Waals surface area contributed by atoms with Crippen LogP contribution < -0.4 is 0 Å². The fraction of sp³-hybridized carbons (Fsp3) is 0.778. The molecule has 6 atom stereocenters. The van der Waals surface area contributed by atoms with Crippen molar-refractivity contribution in [2.45, 2.75) is 108 Å². The fourth-order valence-corrected chi connectivity index (χ4v) is 7.28. The lowest BCUT2D eigenvalue weighted by Gasteiger charge is -2.48. The van der Waals surface area contributed by atoms with E-state index >= 15 is 0 Å². The maximum Gasteiger partial charge on any atom is 0.142 e. The van der Waals surface area contributed by atoms with Gasteiger partial charge in [0.05, 0.1) is 11.7 Å². The smallest absolute Gasteiger partial charge is 0.142 e. The molecule has 0 aromatic rings. The van der Waals surface area contributed by atoms with E-state index in [1.807, 2.05) is 7.85 Å². The third kappa shape index (κ3) is 5.14. The van der Waals surface area contributed by atoms with Gasteiger partial charge in [-0.15, -0.1) is 0 Å². The van der Waals surface area contributed by atoms with Crippen LogP contribution in [0.15, 0.2) is 35.5 Å². The van der Waals surface area contributed by atoms with E-state index in [-0.39, 0.29) is 5.21 Å². The van der Waals surface area contributed by atoms with Gasteiger partial charge < -0.3 is 15.3 Å². The standard InChI is InChI=1S/C27H47B3O3/c1-17(8-13-23(31)24(3,4)32)20-11-12-22-19(7-6-15-25(20,22)5)9-10-21-18(2)14-16-26(28,33)27(21,29)30/h9-10,17,20,22-23,31-33H,2,6-8,11-16,28-30H2,1,3-5H3/b19-9+,21-10+/t17-,20-,22+,23-,25-,26+/m1/s1. The Balaban J connectivity index is 1.78. The molecule has 0 spiro atoms. The van der Waals surface area contributed by atoms with Crippen LogP contribution in [0.3, 0.4) is 0 Å². The third-order valence-electron chi connectivity index (χ3n) is 10.2. The zero-order valence-corrected chi connectivity index (χ0v) is 22.4. The first-order chi connectivity index (χ1) is 15.1. The highest BCUT2D eigenvalue weighted by Gasteiger charge is 2.51. The van der Waals surface area contributed by atoms with Crippen LogP contribution in [0.5, 0.6) is 0 Å². The van der Waals surface area contributed by atoms with Gasteiger partial charge in [-0.2, -0.15) is 0 Å². The number of allylic oxidation sites excluding steroid dienone is 4. The molecule has 182 valence electrons. The Bertz CT molecular complexity index is 808. The lowest BCUT2D eigenvalue weighted by molar-refractivity contribution is -0.0554. The minimum Gasteiger partial charge on any atom is -0.400 e. The number of aliphatic hydroxyl groups is 3. The molecule has 33 heavy (non-hydrogen) atoms. The van der Waals surface area contributed by atoms with Crippen LogP contribution in [0.1, 0.15) is 85.5 Å². The summed E-state index contributed by atoms with van der Waals surface area (Å²) in [5.74, 6) is 1.83. The van der Waals surface area contributed by atoms with Crippen molar-refractivity contribution in [3.8, 4) is 0 Å². The van der Waals surface area contributed by atoms with Crippen molar-refractivity contribution in [1.29, 1.82) is 0 Å². The molecule has 0 aromatic carbocycles. The van der Waals surface area contributed by atoms with Crippen LogP contribution in [-0.4, -0.2) is 56.1 Å². The summed E-state index contributed by atoms with van der Waals surface area (Å²) in [6.45, 7) is 12.6. The Labute approximate surface area is 205 Å². The van der Waals surface area contributed by atoms with Crippen LogP contribution >= 0.6 is 0 Å². The van der Waals surface area contributed by atoms with Crippen molar-refractivity contribution in [2.24, 2.45) is 23.2 Å². The van der Waals surface area contributed by atoms with E-state index in [9.17, 15) is 15.3 Å². The second-order valence-corrected chi connectivity index (χ2v) is 13.1. The van der Waals surface area contributed by atoms with Gasteiger partial charge in [-0.3, -0.25) is 0 Å². The van der Waals surface area contributed by atoms with Crippen molar-refractivity contribution in [2.75, 3.05) is 0 Å². The molecule has 0 aromatic heterocycles. The van der Waals surface area contributed by atoms with E-state index in [1.54, 1.807) is 19.4 Å². The summed E-state index contributed by atoms with van der Waals surface area (Å²) in [4.78, 5) is 0. The minimum atomic E-state index is -1.03. The molecule has 3 saturated carbocycles. The summed E-state index contributed by atoms with van der Waals surface area (Å²) in [5, 5.41) is 31.1. The summed E-state index contributed by atoms with van der Waals surface area (Å²) < 4.78 is 0. The maximum absolute atomic E-state index is 11.0. The maximum atomic E-state index is 11.0. The van der Waals surface area contributed by atoms with Gasteiger partial charge in [0.1, 0.15) is 23.5 Å². The first kappa shape index (κ1) is 26.9. The number of aliphatic hydroxyl groups excluding tert-OH is 1. The molecule has 0 unspecified atom stereocenters. The van der Waals surface area contributed by atoms with Crippen LogP contribution in [-0.2, 0) is 0 Å². The SMILES string of the molecule is BC1(B)/C(=C/C=C2\CCC[C@]3(C)[C@@H]([C@H](C)CC[C@@H](O)C(C)(C)O)CC[C@@H]23)C(=C)CC[C@]1(B)O. The predicted octanol–water partition coefficient (Wildman–Crippen LogP) is 2.66. The fourth-order valence-electron chi connectivity index (χ4n) is 7.28. The molecular weight excluding hydrogens is 405 g/mol. The lowest BCUT2D eigenvalue weighted by atomic mass is 9.35. The second kappa shape index (κ2) is 9.39. The van der Waals surface area contributed by atoms with Gasteiger partial charge in [-0.25, -0.2) is 0 Å². The molecule has 0 bridgehead atoms. The summed E-state index contributed by atoms with van der Waals surface area (Å²) in [6.07, 6.45) is 13.5. The van der Waals surface area contributed by atoms with Gasteiger partial charge in [0.2, 0.25) is 0 Å². The number of rotatable bonds is 6. The second-order valence-electron chi connectivity index (χ2n) is 13.1. The molecule has 0 amide bonds. The van der Waals surface area contributed by atoms with Crippen molar-refractivity contribution >= 4 is 23.5 Å². The van der Waals surface area contributed by atoms with Gasteiger partial charge in [-0.05, 0) is 100 Å². The Kier molecular flexibility index (Phi) is 7.66. The average Bonchev–Trinajstić information content (AvgIpc) is 3.06. The Hall–Kier alpha value is -0.705. The zero-order valence-electron chi connectivity index (χ0n) is 22.4. The summed E-state index contributed by atoms with van der Waals surface area (Å²) >= 11 is 0. The molecule has 3 nitrogen and oxygen atoms in total. The van der Waals surface area contributed by atoms with E-state index in [1.165, 1.54) is 43.3 Å². The van der Waals surface area contributed by atoms with E-state index in [4.69, 9.17) is 0 Å². The van der Waals surface area contributed by atoms with E-state index < -0.39 is 17.2 Å². The normalized spacial score (nSPS) is 38.9. The van der Waals surface area contributed by atoms with Crippen LogP contribution in [0.25, 0.3) is 0 Å². The Morgan fingerprint density at radius 1 is 1.12 bits per heavy atom. The first-order valence-corrected chi connectivity index (χ1v) is 13.3.